The number of ether oxygens (including phenoxy) is 1. The number of furan rings is 1. The number of nitrogens with zero attached hydrogens (tertiary/aromatic N) is 3. The number of aromatic nitrogens is 2. The third-order valence-corrected chi connectivity index (χ3v) is 5.06. The van der Waals surface area contributed by atoms with Crippen LogP contribution in [0.2, 0.25) is 0 Å². The molecule has 3 heterocycles. The highest BCUT2D eigenvalue weighted by molar-refractivity contribution is 5.94. The van der Waals surface area contributed by atoms with Crippen LogP contribution in [0.1, 0.15) is 35.9 Å². The third-order valence-electron chi connectivity index (χ3n) is 5.06. The molecular formula is C22H24N4O3. The van der Waals surface area contributed by atoms with Crippen molar-refractivity contribution < 1.29 is 13.9 Å². The van der Waals surface area contributed by atoms with Crippen molar-refractivity contribution in [2.45, 2.75) is 26.3 Å². The maximum Gasteiger partial charge on any atom is 0.263 e. The monoisotopic (exact) mass is 392 g/mol. The van der Waals surface area contributed by atoms with Crippen LogP contribution in [0.5, 0.6) is 11.6 Å². The maximum absolute atomic E-state index is 12.3. The Balaban J connectivity index is 1.41. The number of carbonyl (C=O) groups excluding carboxylic acids is 1. The van der Waals surface area contributed by atoms with Crippen LogP contribution >= 0.6 is 0 Å². The summed E-state index contributed by atoms with van der Waals surface area (Å²) < 4.78 is 11.2. The van der Waals surface area contributed by atoms with E-state index in [1.807, 2.05) is 6.07 Å². The summed E-state index contributed by atoms with van der Waals surface area (Å²) in [7, 11) is 0. The van der Waals surface area contributed by atoms with Gasteiger partial charge in [0.05, 0.1) is 12.8 Å². The van der Waals surface area contributed by atoms with Crippen LogP contribution < -0.4 is 15.0 Å². The van der Waals surface area contributed by atoms with Gasteiger partial charge in [0.15, 0.2) is 5.82 Å². The summed E-state index contributed by atoms with van der Waals surface area (Å²) in [5, 5.41) is 2.82. The standard InChI is InChI=1S/C22H24N4O3/c1-16-8-12-26(13-9-16)20-22(24-11-10-23-20)29-18-6-4-17(5-7-18)21(27)25-15-19-3-2-14-28-19/h2-7,10-11,14,16H,8-9,12-13,15H2,1H3,(H,25,27). The number of carbonyl (C=O) groups is 1. The van der Waals surface area contributed by atoms with Crippen molar-refractivity contribution in [1.82, 2.24) is 15.3 Å². The summed E-state index contributed by atoms with van der Waals surface area (Å²) in [6.07, 6.45) is 7.17. The van der Waals surface area contributed by atoms with Crippen LogP contribution in [0, 0.1) is 5.92 Å². The fourth-order valence-corrected chi connectivity index (χ4v) is 3.30. The summed E-state index contributed by atoms with van der Waals surface area (Å²) in [5.41, 5.74) is 0.549. The van der Waals surface area contributed by atoms with E-state index in [0.29, 0.717) is 29.5 Å². The molecule has 0 unspecified atom stereocenters. The van der Waals surface area contributed by atoms with Crippen molar-refractivity contribution in [2.24, 2.45) is 5.92 Å². The molecule has 7 heteroatoms. The molecule has 4 rings (SSSR count). The molecule has 1 aromatic carbocycles. The van der Waals surface area contributed by atoms with Gasteiger partial charge in [0.2, 0.25) is 0 Å². The van der Waals surface area contributed by atoms with Crippen LogP contribution in [-0.4, -0.2) is 29.0 Å². The molecule has 1 saturated heterocycles. The second-order valence-corrected chi connectivity index (χ2v) is 7.24. The Morgan fingerprint density at radius 1 is 1.17 bits per heavy atom. The van der Waals surface area contributed by atoms with Crippen LogP contribution in [0.25, 0.3) is 0 Å². The van der Waals surface area contributed by atoms with Crippen LogP contribution in [0.15, 0.2) is 59.5 Å². The first kappa shape index (κ1) is 19.0. The van der Waals surface area contributed by atoms with Crippen molar-refractivity contribution in [3.05, 3.63) is 66.4 Å². The van der Waals surface area contributed by atoms with E-state index in [2.05, 4.69) is 27.1 Å². The lowest BCUT2D eigenvalue weighted by molar-refractivity contribution is 0.0948. The first-order valence-electron chi connectivity index (χ1n) is 9.83. The molecule has 1 aliphatic heterocycles. The molecule has 150 valence electrons. The van der Waals surface area contributed by atoms with Gasteiger partial charge >= 0.3 is 0 Å². The molecule has 0 saturated carbocycles. The number of nitrogens with one attached hydrogen (secondary N) is 1. The Kier molecular flexibility index (Phi) is 5.74. The van der Waals surface area contributed by atoms with Gasteiger partial charge in [-0.2, -0.15) is 0 Å². The summed E-state index contributed by atoms with van der Waals surface area (Å²) in [4.78, 5) is 23.3. The van der Waals surface area contributed by atoms with Gasteiger partial charge in [-0.1, -0.05) is 6.92 Å². The highest BCUT2D eigenvalue weighted by atomic mass is 16.5. The molecule has 0 aliphatic carbocycles. The SMILES string of the molecule is CC1CCN(c2nccnc2Oc2ccc(C(=O)NCc3ccco3)cc2)CC1. The second-order valence-electron chi connectivity index (χ2n) is 7.24. The van der Waals surface area contributed by atoms with Gasteiger partial charge in [-0.05, 0) is 55.2 Å². The van der Waals surface area contributed by atoms with Crippen LogP contribution in [-0.2, 0) is 6.54 Å². The number of amides is 1. The van der Waals surface area contributed by atoms with Crippen molar-refractivity contribution in [2.75, 3.05) is 18.0 Å². The van der Waals surface area contributed by atoms with E-state index < -0.39 is 0 Å². The summed E-state index contributed by atoms with van der Waals surface area (Å²) >= 11 is 0. The summed E-state index contributed by atoms with van der Waals surface area (Å²) in [6, 6.07) is 10.6. The van der Waals surface area contributed by atoms with E-state index in [-0.39, 0.29) is 5.91 Å². The normalized spacial score (nSPS) is 14.6. The first-order chi connectivity index (χ1) is 14.2. The largest absolute Gasteiger partial charge is 0.467 e. The lowest BCUT2D eigenvalue weighted by Gasteiger charge is -2.31. The molecule has 0 radical (unpaired) electrons. The van der Waals surface area contributed by atoms with Crippen molar-refractivity contribution in [3.8, 4) is 11.6 Å². The molecule has 0 spiro atoms. The van der Waals surface area contributed by atoms with Gasteiger partial charge in [-0.3, -0.25) is 4.79 Å². The second kappa shape index (κ2) is 8.77. The van der Waals surface area contributed by atoms with E-state index in [1.54, 1.807) is 49.0 Å². The zero-order chi connectivity index (χ0) is 20.1. The van der Waals surface area contributed by atoms with Gasteiger partial charge in [0.25, 0.3) is 11.8 Å². The molecule has 0 atom stereocenters. The number of anilines is 1. The van der Waals surface area contributed by atoms with Crippen LogP contribution in [0.4, 0.5) is 5.82 Å². The number of benzene rings is 1. The Bertz CT molecular complexity index is 933. The fraction of sp³-hybridized carbons (Fsp3) is 0.318. The Labute approximate surface area is 169 Å². The van der Waals surface area contributed by atoms with Crippen LogP contribution in [0.3, 0.4) is 0 Å². The average molecular weight is 392 g/mol. The van der Waals surface area contributed by atoms with Crippen molar-refractivity contribution in [1.29, 1.82) is 0 Å². The highest BCUT2D eigenvalue weighted by Gasteiger charge is 2.21. The molecule has 1 aliphatic rings. The fourth-order valence-electron chi connectivity index (χ4n) is 3.30. The third kappa shape index (κ3) is 4.74. The van der Waals surface area contributed by atoms with Gasteiger partial charge in [-0.15, -0.1) is 0 Å². The molecule has 1 N–H and O–H groups in total. The summed E-state index contributed by atoms with van der Waals surface area (Å²) in [6.45, 7) is 4.52. The molecule has 3 aromatic rings. The van der Waals surface area contributed by atoms with Crippen molar-refractivity contribution >= 4 is 11.7 Å². The van der Waals surface area contributed by atoms with Gasteiger partial charge in [0.1, 0.15) is 11.5 Å². The number of hydrogen-bond acceptors (Lipinski definition) is 6. The highest BCUT2D eigenvalue weighted by Crippen LogP contribution is 2.30. The topological polar surface area (TPSA) is 80.5 Å². The zero-order valence-corrected chi connectivity index (χ0v) is 16.4. The minimum atomic E-state index is -0.171. The molecule has 2 aromatic heterocycles. The lowest BCUT2D eigenvalue weighted by Crippen LogP contribution is -2.33. The quantitative estimate of drug-likeness (QED) is 0.682. The van der Waals surface area contributed by atoms with Gasteiger partial charge < -0.3 is 19.4 Å². The van der Waals surface area contributed by atoms with E-state index in [4.69, 9.17) is 9.15 Å². The minimum absolute atomic E-state index is 0.171. The van der Waals surface area contributed by atoms with Crippen molar-refractivity contribution in [3.63, 3.8) is 0 Å². The molecule has 7 nitrogen and oxygen atoms in total. The minimum Gasteiger partial charge on any atom is -0.467 e. The van der Waals surface area contributed by atoms with E-state index in [0.717, 1.165) is 37.7 Å². The Morgan fingerprint density at radius 3 is 2.66 bits per heavy atom. The smallest absolute Gasteiger partial charge is 0.263 e. The van der Waals surface area contributed by atoms with E-state index in [9.17, 15) is 4.79 Å². The molecule has 1 fully saturated rings. The molecule has 29 heavy (non-hydrogen) atoms. The number of rotatable bonds is 6. The predicted molar refractivity (Wildman–Crippen MR) is 109 cm³/mol. The number of hydrogen-bond donors (Lipinski definition) is 1. The Morgan fingerprint density at radius 2 is 1.93 bits per heavy atom. The first-order valence-corrected chi connectivity index (χ1v) is 9.83. The van der Waals surface area contributed by atoms with Gasteiger partial charge in [0, 0.05) is 31.0 Å². The molecule has 1 amide bonds. The predicted octanol–water partition coefficient (Wildman–Crippen LogP) is 4.03. The average Bonchev–Trinajstić information content (AvgIpc) is 3.27. The molecule has 0 bridgehead atoms. The van der Waals surface area contributed by atoms with E-state index in [1.165, 1.54) is 0 Å². The number of piperidine rings is 1. The Hall–Kier alpha value is -3.35. The van der Waals surface area contributed by atoms with Gasteiger partial charge in [-0.25, -0.2) is 9.97 Å². The summed E-state index contributed by atoms with van der Waals surface area (Å²) in [5.74, 6) is 3.13. The zero-order valence-electron chi connectivity index (χ0n) is 16.4. The lowest BCUT2D eigenvalue weighted by atomic mass is 9.99. The van der Waals surface area contributed by atoms with E-state index >= 15 is 0 Å². The molecular weight excluding hydrogens is 368 g/mol. The maximum atomic E-state index is 12.3.